The number of hydrogen-bond donors (Lipinski definition) is 1. The fourth-order valence-corrected chi connectivity index (χ4v) is 3.34. The third kappa shape index (κ3) is 4.14. The van der Waals surface area contributed by atoms with Crippen LogP contribution in [-0.2, 0) is 4.74 Å². The number of carbonyl (C=O) groups is 1. The number of nitrogens with zero attached hydrogens (tertiary/aromatic N) is 5. The van der Waals surface area contributed by atoms with Crippen molar-refractivity contribution < 1.29 is 13.9 Å². The molecule has 148 valence electrons. The summed E-state index contributed by atoms with van der Waals surface area (Å²) in [5.74, 6) is 1.21. The molecular weight excluding hydrogens is 363 g/mol. The van der Waals surface area contributed by atoms with Gasteiger partial charge < -0.3 is 24.8 Å². The highest BCUT2D eigenvalue weighted by Crippen LogP contribution is 2.18. The van der Waals surface area contributed by atoms with Gasteiger partial charge in [-0.05, 0) is 24.3 Å². The summed E-state index contributed by atoms with van der Waals surface area (Å²) in [4.78, 5) is 18.3. The fraction of sp³-hybridized carbons (Fsp3) is 0.421. The molecule has 2 aliphatic rings. The lowest BCUT2D eigenvalue weighted by Crippen LogP contribution is -2.50. The summed E-state index contributed by atoms with van der Waals surface area (Å²) < 4.78 is 19.1. The van der Waals surface area contributed by atoms with E-state index in [4.69, 9.17) is 4.74 Å². The van der Waals surface area contributed by atoms with E-state index in [2.05, 4.69) is 25.3 Å². The Balaban J connectivity index is 1.31. The maximum atomic E-state index is 13.7. The van der Waals surface area contributed by atoms with Crippen LogP contribution in [0.3, 0.4) is 0 Å². The molecule has 2 aliphatic heterocycles. The highest BCUT2D eigenvalue weighted by atomic mass is 19.1. The van der Waals surface area contributed by atoms with Gasteiger partial charge in [-0.25, -0.2) is 9.18 Å². The highest BCUT2D eigenvalue weighted by molar-refractivity contribution is 5.89. The van der Waals surface area contributed by atoms with Gasteiger partial charge in [0, 0.05) is 39.3 Å². The standard InChI is InChI=1S/C19H23FN6O2/c20-15-3-1-2-4-16(15)21-19(27)26-9-7-24(8-10-26)17-5-6-18(23-22-17)25-11-13-28-14-12-25/h1-6H,7-14H2,(H,21,27). The van der Waals surface area contributed by atoms with Crippen molar-refractivity contribution in [3.63, 3.8) is 0 Å². The average molecular weight is 386 g/mol. The normalized spacial score (nSPS) is 17.5. The van der Waals surface area contributed by atoms with Crippen molar-refractivity contribution in [3.8, 4) is 0 Å². The minimum Gasteiger partial charge on any atom is -0.378 e. The summed E-state index contributed by atoms with van der Waals surface area (Å²) in [6.45, 7) is 5.43. The van der Waals surface area contributed by atoms with Gasteiger partial charge in [-0.1, -0.05) is 12.1 Å². The van der Waals surface area contributed by atoms with Crippen molar-refractivity contribution in [2.24, 2.45) is 0 Å². The minimum absolute atomic E-state index is 0.194. The number of nitrogens with one attached hydrogen (secondary N) is 1. The molecule has 2 saturated heterocycles. The summed E-state index contributed by atoms with van der Waals surface area (Å²) in [5, 5.41) is 11.3. The van der Waals surface area contributed by atoms with Gasteiger partial charge >= 0.3 is 6.03 Å². The molecule has 1 aromatic heterocycles. The molecule has 0 radical (unpaired) electrons. The Morgan fingerprint density at radius 1 is 0.893 bits per heavy atom. The molecule has 0 saturated carbocycles. The molecule has 2 fully saturated rings. The zero-order valence-corrected chi connectivity index (χ0v) is 15.6. The van der Waals surface area contributed by atoms with Crippen LogP contribution in [0.4, 0.5) is 26.5 Å². The van der Waals surface area contributed by atoms with Crippen LogP contribution in [0.5, 0.6) is 0 Å². The maximum Gasteiger partial charge on any atom is 0.322 e. The van der Waals surface area contributed by atoms with Crippen molar-refractivity contribution in [2.45, 2.75) is 0 Å². The third-order valence-electron chi connectivity index (χ3n) is 4.98. The van der Waals surface area contributed by atoms with Gasteiger partial charge in [-0.2, -0.15) is 0 Å². The number of ether oxygens (including phenoxy) is 1. The molecule has 3 heterocycles. The molecular formula is C19H23FN6O2. The van der Waals surface area contributed by atoms with E-state index in [0.717, 1.165) is 24.7 Å². The lowest BCUT2D eigenvalue weighted by atomic mass is 10.3. The number of halogens is 1. The lowest BCUT2D eigenvalue weighted by molar-refractivity contribution is 0.122. The van der Waals surface area contributed by atoms with E-state index in [1.54, 1.807) is 23.1 Å². The number of amides is 2. The second-order valence-electron chi connectivity index (χ2n) is 6.73. The summed E-state index contributed by atoms with van der Waals surface area (Å²) in [7, 11) is 0. The van der Waals surface area contributed by atoms with Crippen molar-refractivity contribution in [1.82, 2.24) is 15.1 Å². The molecule has 2 aromatic rings. The van der Waals surface area contributed by atoms with E-state index in [9.17, 15) is 9.18 Å². The van der Waals surface area contributed by atoms with Crippen LogP contribution < -0.4 is 15.1 Å². The van der Waals surface area contributed by atoms with Gasteiger partial charge in [0.1, 0.15) is 5.82 Å². The third-order valence-corrected chi connectivity index (χ3v) is 4.98. The van der Waals surface area contributed by atoms with Crippen LogP contribution in [0.25, 0.3) is 0 Å². The van der Waals surface area contributed by atoms with Crippen LogP contribution in [0.2, 0.25) is 0 Å². The van der Waals surface area contributed by atoms with Gasteiger partial charge in [0.15, 0.2) is 11.6 Å². The first-order valence-electron chi connectivity index (χ1n) is 9.42. The Hall–Kier alpha value is -2.94. The van der Waals surface area contributed by atoms with Crippen LogP contribution in [0.15, 0.2) is 36.4 Å². The molecule has 28 heavy (non-hydrogen) atoms. The number of urea groups is 1. The summed E-state index contributed by atoms with van der Waals surface area (Å²) in [6, 6.07) is 9.81. The first kappa shape index (κ1) is 18.4. The molecule has 0 atom stereocenters. The van der Waals surface area contributed by atoms with E-state index >= 15 is 0 Å². The highest BCUT2D eigenvalue weighted by Gasteiger charge is 2.23. The second kappa shape index (κ2) is 8.39. The van der Waals surface area contributed by atoms with Gasteiger partial charge in [0.05, 0.1) is 18.9 Å². The maximum absolute atomic E-state index is 13.7. The number of hydrogen-bond acceptors (Lipinski definition) is 6. The Morgan fingerprint density at radius 2 is 1.50 bits per heavy atom. The van der Waals surface area contributed by atoms with Crippen molar-refractivity contribution in [3.05, 3.63) is 42.2 Å². The number of para-hydroxylation sites is 1. The number of anilines is 3. The van der Waals surface area contributed by atoms with Crippen molar-refractivity contribution in [1.29, 1.82) is 0 Å². The summed E-state index contributed by atoms with van der Waals surface area (Å²) >= 11 is 0. The van der Waals surface area contributed by atoms with E-state index in [-0.39, 0.29) is 11.7 Å². The minimum atomic E-state index is -0.440. The molecule has 1 aromatic carbocycles. The van der Waals surface area contributed by atoms with E-state index in [0.29, 0.717) is 39.4 Å². The molecule has 4 rings (SSSR count). The monoisotopic (exact) mass is 386 g/mol. The Kier molecular flexibility index (Phi) is 5.52. The van der Waals surface area contributed by atoms with E-state index in [1.165, 1.54) is 6.07 Å². The largest absolute Gasteiger partial charge is 0.378 e. The second-order valence-corrected chi connectivity index (χ2v) is 6.73. The molecule has 0 aliphatic carbocycles. The van der Waals surface area contributed by atoms with E-state index < -0.39 is 5.82 Å². The van der Waals surface area contributed by atoms with Crippen molar-refractivity contribution >= 4 is 23.4 Å². The molecule has 9 heteroatoms. The smallest absolute Gasteiger partial charge is 0.322 e. The first-order chi connectivity index (χ1) is 13.7. The number of rotatable bonds is 3. The van der Waals surface area contributed by atoms with Crippen LogP contribution >= 0.6 is 0 Å². The number of morpholine rings is 1. The fourth-order valence-electron chi connectivity index (χ4n) is 3.34. The Labute approximate surface area is 162 Å². The quantitative estimate of drug-likeness (QED) is 0.867. The summed E-state index contributed by atoms with van der Waals surface area (Å²) in [6.07, 6.45) is 0. The number of aromatic nitrogens is 2. The van der Waals surface area contributed by atoms with Gasteiger partial charge in [-0.15, -0.1) is 10.2 Å². The van der Waals surface area contributed by atoms with Crippen LogP contribution in [-0.4, -0.2) is 73.6 Å². The van der Waals surface area contributed by atoms with E-state index in [1.807, 2.05) is 12.1 Å². The van der Waals surface area contributed by atoms with Crippen molar-refractivity contribution in [2.75, 3.05) is 67.6 Å². The predicted molar refractivity (Wildman–Crippen MR) is 104 cm³/mol. The number of carbonyl (C=O) groups excluding carboxylic acids is 1. The SMILES string of the molecule is O=C(Nc1ccccc1F)N1CCN(c2ccc(N3CCOCC3)nn2)CC1. The first-order valence-corrected chi connectivity index (χ1v) is 9.42. The Bertz CT molecular complexity index is 804. The van der Waals surface area contributed by atoms with Gasteiger partial charge in [0.2, 0.25) is 0 Å². The Morgan fingerprint density at radius 3 is 2.11 bits per heavy atom. The molecule has 0 spiro atoms. The molecule has 0 bridgehead atoms. The topological polar surface area (TPSA) is 73.8 Å². The predicted octanol–water partition coefficient (Wildman–Crippen LogP) is 1.81. The summed E-state index contributed by atoms with van der Waals surface area (Å²) in [5.41, 5.74) is 0.194. The number of benzene rings is 1. The zero-order chi connectivity index (χ0) is 19.3. The number of piperazine rings is 1. The van der Waals surface area contributed by atoms with Crippen LogP contribution in [0.1, 0.15) is 0 Å². The van der Waals surface area contributed by atoms with Crippen LogP contribution in [0, 0.1) is 5.82 Å². The molecule has 1 N–H and O–H groups in total. The lowest BCUT2D eigenvalue weighted by Gasteiger charge is -2.35. The van der Waals surface area contributed by atoms with Gasteiger partial charge in [0.25, 0.3) is 0 Å². The zero-order valence-electron chi connectivity index (χ0n) is 15.6. The van der Waals surface area contributed by atoms with Gasteiger partial charge in [-0.3, -0.25) is 0 Å². The molecule has 0 unspecified atom stereocenters. The molecule has 8 nitrogen and oxygen atoms in total. The molecule has 2 amide bonds. The average Bonchev–Trinajstić information content (AvgIpc) is 2.76.